The van der Waals surface area contributed by atoms with Crippen LogP contribution in [0.5, 0.6) is 0 Å². The predicted molar refractivity (Wildman–Crippen MR) is 66.6 cm³/mol. The second-order valence-electron chi connectivity index (χ2n) is 3.46. The molecule has 0 saturated heterocycles. The molecule has 0 saturated carbocycles. The van der Waals surface area contributed by atoms with Gasteiger partial charge in [0, 0.05) is 13.2 Å². The summed E-state index contributed by atoms with van der Waals surface area (Å²) in [6.07, 6.45) is 5.32. The molecule has 0 unspecified atom stereocenters. The third-order valence-corrected chi connectivity index (χ3v) is 2.91. The zero-order valence-corrected chi connectivity index (χ0v) is 10.6. The predicted octanol–water partition coefficient (Wildman–Crippen LogP) is 1.50. The number of aromatic nitrogens is 2. The number of nitrogens with one attached hydrogen (secondary N) is 2. The molecule has 1 heterocycles. The summed E-state index contributed by atoms with van der Waals surface area (Å²) in [6.45, 7) is 1.04. The van der Waals surface area contributed by atoms with E-state index in [0.29, 0.717) is 10.3 Å². The Balaban J connectivity index is 2.27. The molecule has 0 aromatic carbocycles. The zero-order chi connectivity index (χ0) is 11.8. The van der Waals surface area contributed by atoms with E-state index in [9.17, 15) is 4.79 Å². The Morgan fingerprint density at radius 1 is 1.38 bits per heavy atom. The Labute approximate surface area is 102 Å². The molecule has 3 N–H and O–H groups in total. The summed E-state index contributed by atoms with van der Waals surface area (Å²) in [7, 11) is 0. The van der Waals surface area contributed by atoms with Crippen molar-refractivity contribution in [3.8, 4) is 0 Å². The fraction of sp³-hybridized carbons (Fsp3) is 0.600. The average molecular weight is 290 g/mol. The summed E-state index contributed by atoms with van der Waals surface area (Å²) in [6, 6.07) is 0. The first kappa shape index (κ1) is 13.2. The van der Waals surface area contributed by atoms with Gasteiger partial charge in [-0.05, 0) is 28.8 Å². The highest BCUT2D eigenvalue weighted by Gasteiger charge is 2.03. The molecule has 6 heteroatoms. The molecule has 0 radical (unpaired) electrons. The van der Waals surface area contributed by atoms with Crippen LogP contribution in [0.3, 0.4) is 0 Å². The van der Waals surface area contributed by atoms with Gasteiger partial charge in [-0.3, -0.25) is 4.79 Å². The molecular formula is C10H16BrN3O2. The molecule has 0 aliphatic carbocycles. The number of unbranched alkanes of at least 4 members (excludes halogenated alkanes) is 3. The van der Waals surface area contributed by atoms with Crippen molar-refractivity contribution in [2.75, 3.05) is 18.5 Å². The molecule has 90 valence electrons. The van der Waals surface area contributed by atoms with Gasteiger partial charge in [0.25, 0.3) is 5.56 Å². The number of hydrogen-bond acceptors (Lipinski definition) is 4. The summed E-state index contributed by atoms with van der Waals surface area (Å²) in [4.78, 5) is 17.7. The largest absolute Gasteiger partial charge is 0.396 e. The number of rotatable bonds is 7. The lowest BCUT2D eigenvalue weighted by atomic mass is 10.2. The van der Waals surface area contributed by atoms with E-state index in [2.05, 4.69) is 31.2 Å². The Kier molecular flexibility index (Phi) is 6.10. The third kappa shape index (κ3) is 4.32. The van der Waals surface area contributed by atoms with E-state index >= 15 is 0 Å². The number of aromatic amines is 1. The van der Waals surface area contributed by atoms with E-state index in [0.717, 1.165) is 32.2 Å². The van der Waals surface area contributed by atoms with Crippen LogP contribution in [0, 0.1) is 0 Å². The van der Waals surface area contributed by atoms with Crippen LogP contribution in [0.25, 0.3) is 0 Å². The van der Waals surface area contributed by atoms with Crippen molar-refractivity contribution >= 4 is 21.7 Å². The minimum absolute atomic E-state index is 0.183. The Morgan fingerprint density at radius 3 is 2.88 bits per heavy atom. The first-order chi connectivity index (χ1) is 7.75. The SMILES string of the molecule is O=c1[nH]cnc(NCCCCCCO)c1Br. The zero-order valence-electron chi connectivity index (χ0n) is 9.00. The minimum Gasteiger partial charge on any atom is -0.396 e. The summed E-state index contributed by atoms with van der Waals surface area (Å²) in [5.41, 5.74) is -0.183. The monoisotopic (exact) mass is 289 g/mol. The standard InChI is InChI=1S/C10H16BrN3O2/c11-8-9(13-7-14-10(8)16)12-5-3-1-2-4-6-15/h7,15H,1-6H2,(H2,12,13,14,16). The maximum Gasteiger partial charge on any atom is 0.267 e. The fourth-order valence-electron chi connectivity index (χ4n) is 1.30. The lowest BCUT2D eigenvalue weighted by Gasteiger charge is -2.05. The normalized spacial score (nSPS) is 10.4. The summed E-state index contributed by atoms with van der Waals surface area (Å²) >= 11 is 3.17. The highest BCUT2D eigenvalue weighted by atomic mass is 79.9. The van der Waals surface area contributed by atoms with Crippen LogP contribution in [0.1, 0.15) is 25.7 Å². The van der Waals surface area contributed by atoms with E-state index in [1.54, 1.807) is 0 Å². The fourth-order valence-corrected chi connectivity index (χ4v) is 1.66. The molecule has 1 rings (SSSR count). The van der Waals surface area contributed by atoms with Crippen LogP contribution < -0.4 is 10.9 Å². The molecule has 0 atom stereocenters. The van der Waals surface area contributed by atoms with Crippen LogP contribution in [0.2, 0.25) is 0 Å². The van der Waals surface area contributed by atoms with E-state index < -0.39 is 0 Å². The van der Waals surface area contributed by atoms with Gasteiger partial charge in [-0.15, -0.1) is 0 Å². The number of hydrogen-bond donors (Lipinski definition) is 3. The van der Waals surface area contributed by atoms with Gasteiger partial charge in [-0.2, -0.15) is 0 Å². The number of halogens is 1. The molecular weight excluding hydrogens is 274 g/mol. The molecule has 5 nitrogen and oxygen atoms in total. The quantitative estimate of drug-likeness (QED) is 0.665. The smallest absolute Gasteiger partial charge is 0.267 e. The van der Waals surface area contributed by atoms with Gasteiger partial charge in [0.15, 0.2) is 0 Å². The number of aliphatic hydroxyl groups is 1. The molecule has 16 heavy (non-hydrogen) atoms. The van der Waals surface area contributed by atoms with E-state index in [4.69, 9.17) is 5.11 Å². The Morgan fingerprint density at radius 2 is 2.12 bits per heavy atom. The van der Waals surface area contributed by atoms with Crippen LogP contribution >= 0.6 is 15.9 Å². The first-order valence-corrected chi connectivity index (χ1v) is 6.13. The van der Waals surface area contributed by atoms with Gasteiger partial charge < -0.3 is 15.4 Å². The first-order valence-electron chi connectivity index (χ1n) is 5.33. The number of nitrogens with zero attached hydrogens (tertiary/aromatic N) is 1. The molecule has 1 aromatic heterocycles. The van der Waals surface area contributed by atoms with Crippen molar-refractivity contribution in [2.24, 2.45) is 0 Å². The molecule has 0 fully saturated rings. The Bertz CT molecular complexity index is 367. The second-order valence-corrected chi connectivity index (χ2v) is 4.25. The Hall–Kier alpha value is -0.880. The summed E-state index contributed by atoms with van der Waals surface area (Å²) in [5.74, 6) is 0.575. The van der Waals surface area contributed by atoms with Crippen molar-refractivity contribution in [3.63, 3.8) is 0 Å². The lowest BCUT2D eigenvalue weighted by Crippen LogP contribution is -2.12. The van der Waals surface area contributed by atoms with E-state index in [1.807, 2.05) is 0 Å². The lowest BCUT2D eigenvalue weighted by molar-refractivity contribution is 0.283. The van der Waals surface area contributed by atoms with Gasteiger partial charge in [0.2, 0.25) is 0 Å². The summed E-state index contributed by atoms with van der Waals surface area (Å²) < 4.78 is 0.436. The van der Waals surface area contributed by atoms with Crippen molar-refractivity contribution in [1.29, 1.82) is 0 Å². The van der Waals surface area contributed by atoms with E-state index in [-0.39, 0.29) is 12.2 Å². The van der Waals surface area contributed by atoms with Gasteiger partial charge >= 0.3 is 0 Å². The minimum atomic E-state index is -0.183. The van der Waals surface area contributed by atoms with Crippen molar-refractivity contribution in [2.45, 2.75) is 25.7 Å². The van der Waals surface area contributed by atoms with Crippen LogP contribution in [-0.4, -0.2) is 28.2 Å². The van der Waals surface area contributed by atoms with Crippen LogP contribution in [0.15, 0.2) is 15.6 Å². The topological polar surface area (TPSA) is 78.0 Å². The van der Waals surface area contributed by atoms with Gasteiger partial charge in [0.05, 0.1) is 6.33 Å². The molecule has 1 aromatic rings. The van der Waals surface area contributed by atoms with Gasteiger partial charge in [0.1, 0.15) is 10.3 Å². The van der Waals surface area contributed by atoms with Gasteiger partial charge in [-0.1, -0.05) is 12.8 Å². The molecule has 0 aliphatic rings. The average Bonchev–Trinajstić information content (AvgIpc) is 2.29. The van der Waals surface area contributed by atoms with E-state index in [1.165, 1.54) is 6.33 Å². The molecule has 0 bridgehead atoms. The molecule has 0 spiro atoms. The van der Waals surface area contributed by atoms with Crippen molar-refractivity contribution in [3.05, 3.63) is 21.2 Å². The maximum absolute atomic E-state index is 11.2. The highest BCUT2D eigenvalue weighted by molar-refractivity contribution is 9.10. The molecule has 0 aliphatic heterocycles. The highest BCUT2D eigenvalue weighted by Crippen LogP contribution is 2.13. The van der Waals surface area contributed by atoms with Gasteiger partial charge in [-0.25, -0.2) is 4.98 Å². The molecule has 0 amide bonds. The van der Waals surface area contributed by atoms with Crippen LogP contribution in [-0.2, 0) is 0 Å². The summed E-state index contributed by atoms with van der Waals surface area (Å²) in [5, 5.41) is 11.7. The van der Waals surface area contributed by atoms with Crippen molar-refractivity contribution in [1.82, 2.24) is 9.97 Å². The third-order valence-electron chi connectivity index (χ3n) is 2.17. The maximum atomic E-state index is 11.2. The number of H-pyrrole nitrogens is 1. The van der Waals surface area contributed by atoms with Crippen LogP contribution in [0.4, 0.5) is 5.82 Å². The second kappa shape index (κ2) is 7.40. The number of aliphatic hydroxyl groups excluding tert-OH is 1. The number of anilines is 1. The van der Waals surface area contributed by atoms with Crippen molar-refractivity contribution < 1.29 is 5.11 Å².